The number of benzene rings is 1. The van der Waals surface area contributed by atoms with Gasteiger partial charge in [-0.15, -0.1) is 15.3 Å². The minimum absolute atomic E-state index is 0.0472. The maximum absolute atomic E-state index is 12.5. The number of anilines is 1. The molecular formula is C21H24N6O5. The zero-order valence-corrected chi connectivity index (χ0v) is 17.4. The van der Waals surface area contributed by atoms with Crippen LogP contribution in [0.15, 0.2) is 36.7 Å². The zero-order chi connectivity index (χ0) is 21.9. The summed E-state index contributed by atoms with van der Waals surface area (Å²) >= 11 is 0. The summed E-state index contributed by atoms with van der Waals surface area (Å²) in [4.78, 5) is 14.7. The van der Waals surface area contributed by atoms with Gasteiger partial charge in [0.05, 0.1) is 0 Å². The summed E-state index contributed by atoms with van der Waals surface area (Å²) in [6.07, 6.45) is 2.19. The Hall–Kier alpha value is -3.60. The first-order valence-electron chi connectivity index (χ1n) is 10.6. The van der Waals surface area contributed by atoms with Gasteiger partial charge in [-0.25, -0.2) is 0 Å². The fraction of sp³-hybridized carbons (Fsp3) is 0.429. The third-order valence-corrected chi connectivity index (χ3v) is 5.64. The van der Waals surface area contributed by atoms with Gasteiger partial charge in [0.1, 0.15) is 30.6 Å². The number of carbonyl (C=O) groups is 1. The lowest BCUT2D eigenvalue weighted by atomic mass is 9.96. The molecule has 4 heterocycles. The van der Waals surface area contributed by atoms with Crippen LogP contribution in [0.25, 0.3) is 5.65 Å². The topological polar surface area (TPSA) is 123 Å². The van der Waals surface area contributed by atoms with Gasteiger partial charge < -0.3 is 29.5 Å². The molecule has 2 aliphatic heterocycles. The number of nitrogens with one attached hydrogen (secondary N) is 1. The van der Waals surface area contributed by atoms with Gasteiger partial charge >= 0.3 is 0 Å². The molecular weight excluding hydrogens is 416 g/mol. The summed E-state index contributed by atoms with van der Waals surface area (Å²) in [5, 5.41) is 25.3. The molecule has 168 valence electrons. The molecule has 1 atom stereocenters. The van der Waals surface area contributed by atoms with Crippen molar-refractivity contribution in [2.24, 2.45) is 5.92 Å². The normalized spacial score (nSPS) is 16.8. The van der Waals surface area contributed by atoms with Crippen LogP contribution in [0.2, 0.25) is 0 Å². The van der Waals surface area contributed by atoms with Gasteiger partial charge in [-0.1, -0.05) is 0 Å². The van der Waals surface area contributed by atoms with Crippen molar-refractivity contribution in [2.45, 2.75) is 18.9 Å². The molecule has 0 radical (unpaired) electrons. The molecule has 0 bridgehead atoms. The summed E-state index contributed by atoms with van der Waals surface area (Å²) < 4.78 is 17.8. The standard InChI is InChI=1S/C21H24N6O5/c28-15(11-30-16-1-2-17-18(9-16)32-13-31-17)10-22-21(29)14-5-7-26(8-6-14)20-4-3-19-24-23-12-27(19)25-20/h1-4,9,12,14-15,28H,5-8,10-11,13H2,(H,22,29). The molecule has 1 saturated heterocycles. The number of ether oxygens (including phenoxy) is 3. The van der Waals surface area contributed by atoms with E-state index in [1.807, 2.05) is 12.1 Å². The first kappa shape index (κ1) is 20.3. The van der Waals surface area contributed by atoms with E-state index in [0.29, 0.717) is 22.9 Å². The monoisotopic (exact) mass is 440 g/mol. The average Bonchev–Trinajstić information content (AvgIpc) is 3.49. The van der Waals surface area contributed by atoms with Crippen LogP contribution in [-0.4, -0.2) is 70.0 Å². The second kappa shape index (κ2) is 8.87. The Morgan fingerprint density at radius 1 is 1.22 bits per heavy atom. The van der Waals surface area contributed by atoms with Gasteiger partial charge in [0.15, 0.2) is 17.1 Å². The lowest BCUT2D eigenvalue weighted by Gasteiger charge is -2.32. The summed E-state index contributed by atoms with van der Waals surface area (Å²) in [5.74, 6) is 2.57. The Morgan fingerprint density at radius 3 is 2.94 bits per heavy atom. The van der Waals surface area contributed by atoms with E-state index in [-0.39, 0.29) is 31.8 Å². The second-order valence-electron chi connectivity index (χ2n) is 7.81. The summed E-state index contributed by atoms with van der Waals surface area (Å²) in [6, 6.07) is 9.03. The Kier molecular flexibility index (Phi) is 5.63. The minimum Gasteiger partial charge on any atom is -0.491 e. The number of nitrogens with zero attached hydrogens (tertiary/aromatic N) is 5. The molecule has 2 aromatic heterocycles. The molecule has 0 saturated carbocycles. The van der Waals surface area contributed by atoms with Gasteiger partial charge in [-0.05, 0) is 37.1 Å². The number of aliphatic hydroxyl groups is 1. The van der Waals surface area contributed by atoms with Crippen LogP contribution >= 0.6 is 0 Å². The lowest BCUT2D eigenvalue weighted by molar-refractivity contribution is -0.126. The van der Waals surface area contributed by atoms with E-state index in [4.69, 9.17) is 14.2 Å². The molecule has 32 heavy (non-hydrogen) atoms. The van der Waals surface area contributed by atoms with Crippen molar-refractivity contribution in [3.8, 4) is 17.2 Å². The van der Waals surface area contributed by atoms with Crippen LogP contribution < -0.4 is 24.4 Å². The maximum atomic E-state index is 12.5. The molecule has 5 rings (SSSR count). The summed E-state index contributed by atoms with van der Waals surface area (Å²) in [5.41, 5.74) is 0.698. The fourth-order valence-electron chi connectivity index (χ4n) is 3.84. The molecule has 0 spiro atoms. The predicted octanol–water partition coefficient (Wildman–Crippen LogP) is 0.625. The van der Waals surface area contributed by atoms with Gasteiger partial charge in [0.25, 0.3) is 0 Å². The smallest absolute Gasteiger partial charge is 0.231 e. The number of aromatic nitrogens is 4. The van der Waals surface area contributed by atoms with Crippen molar-refractivity contribution < 1.29 is 24.1 Å². The Labute approximate surface area is 183 Å². The van der Waals surface area contributed by atoms with E-state index in [1.165, 1.54) is 0 Å². The van der Waals surface area contributed by atoms with E-state index in [0.717, 1.165) is 31.7 Å². The highest BCUT2D eigenvalue weighted by atomic mass is 16.7. The van der Waals surface area contributed by atoms with Crippen molar-refractivity contribution in [1.29, 1.82) is 0 Å². The molecule has 2 aliphatic rings. The number of hydrogen-bond donors (Lipinski definition) is 2. The maximum Gasteiger partial charge on any atom is 0.231 e. The van der Waals surface area contributed by atoms with Gasteiger partial charge in [-0.2, -0.15) is 4.52 Å². The van der Waals surface area contributed by atoms with Crippen LogP contribution in [0, 0.1) is 5.92 Å². The van der Waals surface area contributed by atoms with Crippen LogP contribution in [-0.2, 0) is 4.79 Å². The van der Waals surface area contributed by atoms with Crippen molar-refractivity contribution in [2.75, 3.05) is 37.9 Å². The quantitative estimate of drug-likeness (QED) is 0.544. The van der Waals surface area contributed by atoms with Crippen LogP contribution in [0.1, 0.15) is 12.8 Å². The average molecular weight is 440 g/mol. The molecule has 11 nitrogen and oxygen atoms in total. The van der Waals surface area contributed by atoms with Gasteiger partial charge in [0.2, 0.25) is 12.7 Å². The van der Waals surface area contributed by atoms with Crippen molar-refractivity contribution in [1.82, 2.24) is 25.1 Å². The Balaban J connectivity index is 1.05. The highest BCUT2D eigenvalue weighted by Gasteiger charge is 2.26. The molecule has 3 aromatic rings. The summed E-state index contributed by atoms with van der Waals surface area (Å²) in [6.45, 7) is 1.86. The molecule has 2 N–H and O–H groups in total. The number of piperidine rings is 1. The minimum atomic E-state index is -0.816. The molecule has 11 heteroatoms. The Bertz CT molecular complexity index is 1100. The molecule has 1 amide bonds. The number of hydrogen-bond acceptors (Lipinski definition) is 9. The lowest BCUT2D eigenvalue weighted by Crippen LogP contribution is -2.43. The SMILES string of the molecule is O=C(NCC(O)COc1ccc2c(c1)OCO2)C1CCN(c2ccc3nncn3n2)CC1. The van der Waals surface area contributed by atoms with E-state index < -0.39 is 6.10 Å². The van der Waals surface area contributed by atoms with Crippen molar-refractivity contribution in [3.63, 3.8) is 0 Å². The number of carbonyl (C=O) groups excluding carboxylic acids is 1. The second-order valence-corrected chi connectivity index (χ2v) is 7.81. The highest BCUT2D eigenvalue weighted by molar-refractivity contribution is 5.79. The van der Waals surface area contributed by atoms with Crippen molar-refractivity contribution in [3.05, 3.63) is 36.7 Å². The highest BCUT2D eigenvalue weighted by Crippen LogP contribution is 2.35. The van der Waals surface area contributed by atoms with E-state index >= 15 is 0 Å². The first-order chi connectivity index (χ1) is 15.7. The van der Waals surface area contributed by atoms with Crippen LogP contribution in [0.4, 0.5) is 5.82 Å². The largest absolute Gasteiger partial charge is 0.491 e. The third kappa shape index (κ3) is 4.37. The first-order valence-corrected chi connectivity index (χ1v) is 10.6. The zero-order valence-electron chi connectivity index (χ0n) is 17.4. The van der Waals surface area contributed by atoms with E-state index in [9.17, 15) is 9.90 Å². The predicted molar refractivity (Wildman–Crippen MR) is 113 cm³/mol. The molecule has 0 aliphatic carbocycles. The third-order valence-electron chi connectivity index (χ3n) is 5.64. The van der Waals surface area contributed by atoms with E-state index in [1.54, 1.807) is 29.0 Å². The molecule has 1 fully saturated rings. The fourth-order valence-corrected chi connectivity index (χ4v) is 3.84. The summed E-state index contributed by atoms with van der Waals surface area (Å²) in [7, 11) is 0. The van der Waals surface area contributed by atoms with Crippen LogP contribution in [0.5, 0.6) is 17.2 Å². The van der Waals surface area contributed by atoms with E-state index in [2.05, 4.69) is 25.5 Å². The Morgan fingerprint density at radius 2 is 2.06 bits per heavy atom. The number of rotatable bonds is 7. The van der Waals surface area contributed by atoms with Crippen LogP contribution in [0.3, 0.4) is 0 Å². The number of amides is 1. The van der Waals surface area contributed by atoms with Crippen molar-refractivity contribution >= 4 is 17.4 Å². The molecule has 1 unspecified atom stereocenters. The number of aliphatic hydroxyl groups excluding tert-OH is 1. The van der Waals surface area contributed by atoms with Gasteiger partial charge in [-0.3, -0.25) is 4.79 Å². The van der Waals surface area contributed by atoms with Gasteiger partial charge in [0, 0.05) is 31.6 Å². The molecule has 1 aromatic carbocycles. The number of fused-ring (bicyclic) bond motifs is 2.